The lowest BCUT2D eigenvalue weighted by atomic mass is 9.93. The van der Waals surface area contributed by atoms with Crippen molar-refractivity contribution >= 4 is 45.3 Å². The summed E-state index contributed by atoms with van der Waals surface area (Å²) in [4.78, 5) is 17.6. The number of fused-ring (bicyclic) bond motifs is 1. The molecule has 15 heteroatoms. The van der Waals surface area contributed by atoms with Crippen molar-refractivity contribution in [2.45, 2.75) is 141 Å². The van der Waals surface area contributed by atoms with Gasteiger partial charge in [0.25, 0.3) is 0 Å². The summed E-state index contributed by atoms with van der Waals surface area (Å²) < 4.78 is 34.5. The van der Waals surface area contributed by atoms with Crippen molar-refractivity contribution in [2.24, 2.45) is 0 Å². The van der Waals surface area contributed by atoms with Gasteiger partial charge in [-0.15, -0.1) is 0 Å². The van der Waals surface area contributed by atoms with E-state index in [2.05, 4.69) is 89.6 Å². The van der Waals surface area contributed by atoms with E-state index < -0.39 is 16.6 Å². The number of hydrogen-bond acceptors (Lipinski definition) is 11. The van der Waals surface area contributed by atoms with Gasteiger partial charge >= 0.3 is 0 Å². The van der Waals surface area contributed by atoms with E-state index in [1.165, 1.54) is 0 Å². The van der Waals surface area contributed by atoms with Crippen molar-refractivity contribution in [2.75, 3.05) is 44.7 Å². The Bertz CT molecular complexity index is 1970. The van der Waals surface area contributed by atoms with Crippen molar-refractivity contribution in [3.63, 3.8) is 0 Å². The minimum Gasteiger partial charge on any atom is -0.493 e. The molecule has 56 heavy (non-hydrogen) atoms. The third kappa shape index (κ3) is 8.46. The Morgan fingerprint density at radius 2 is 1.48 bits per heavy atom. The Hall–Kier alpha value is -3.67. The van der Waals surface area contributed by atoms with Crippen LogP contribution in [0.15, 0.2) is 24.7 Å². The van der Waals surface area contributed by atoms with E-state index in [4.69, 9.17) is 43.1 Å². The second kappa shape index (κ2) is 15.9. The zero-order valence-corrected chi connectivity index (χ0v) is 38.4. The monoisotopic (exact) mass is 806 g/mol. The molecule has 13 nitrogen and oxygen atoms in total. The third-order valence-corrected chi connectivity index (χ3v) is 21.9. The second-order valence-corrected chi connectivity index (χ2v) is 28.2. The quantitative estimate of drug-likeness (QED) is 0.130. The van der Waals surface area contributed by atoms with E-state index in [1.807, 2.05) is 22.9 Å². The van der Waals surface area contributed by atoms with Crippen molar-refractivity contribution in [1.29, 1.82) is 0 Å². The molecule has 0 amide bonds. The maximum absolute atomic E-state index is 6.87. The summed E-state index contributed by atoms with van der Waals surface area (Å²) in [5, 5.41) is 10.0. The molecule has 1 unspecified atom stereocenters. The van der Waals surface area contributed by atoms with Gasteiger partial charge in [-0.2, -0.15) is 15.1 Å². The van der Waals surface area contributed by atoms with Crippen LogP contribution >= 0.6 is 0 Å². The predicted octanol–water partition coefficient (Wildman–Crippen LogP) is 9.59. The number of hydrogen-bond donors (Lipinski definition) is 1. The highest BCUT2D eigenvalue weighted by Crippen LogP contribution is 2.43. The lowest BCUT2D eigenvalue weighted by molar-refractivity contribution is 0.116. The van der Waals surface area contributed by atoms with Crippen molar-refractivity contribution in [1.82, 2.24) is 29.3 Å². The van der Waals surface area contributed by atoms with Crippen LogP contribution in [0.1, 0.15) is 91.8 Å². The number of imidazole rings is 1. The first-order valence-electron chi connectivity index (χ1n) is 20.2. The molecule has 1 aliphatic carbocycles. The van der Waals surface area contributed by atoms with Crippen LogP contribution in [0.25, 0.3) is 16.7 Å². The number of nitrogens with one attached hydrogen (secondary N) is 1. The minimum atomic E-state index is -1.95. The van der Waals surface area contributed by atoms with Gasteiger partial charge in [-0.1, -0.05) is 41.5 Å². The largest absolute Gasteiger partial charge is 0.493 e. The number of aromatic nitrogens is 6. The van der Waals surface area contributed by atoms with Crippen LogP contribution in [0.3, 0.4) is 0 Å². The summed E-state index contributed by atoms with van der Waals surface area (Å²) in [6.45, 7) is 26.9. The summed E-state index contributed by atoms with van der Waals surface area (Å²) in [7, 11) is 1.00. The molecule has 2 fully saturated rings. The van der Waals surface area contributed by atoms with Crippen LogP contribution in [0.5, 0.6) is 17.2 Å². The topological polar surface area (TPSA) is 123 Å². The number of methoxy groups -OCH3 is 3. The fraction of sp³-hybridized carbons (Fsp3) is 0.659. The normalized spacial score (nSPS) is 19.8. The van der Waals surface area contributed by atoms with E-state index in [0.29, 0.717) is 35.6 Å². The maximum Gasteiger partial charge on any atom is 0.232 e. The summed E-state index contributed by atoms with van der Waals surface area (Å²) in [5.41, 5.74) is 2.60. The van der Waals surface area contributed by atoms with Crippen LogP contribution in [0, 0.1) is 6.92 Å². The molecule has 3 aromatic heterocycles. The zero-order valence-electron chi connectivity index (χ0n) is 36.4. The Kier molecular flexibility index (Phi) is 11.9. The van der Waals surface area contributed by atoms with E-state index in [9.17, 15) is 0 Å². The molecule has 0 bridgehead atoms. The smallest absolute Gasteiger partial charge is 0.232 e. The molecule has 1 atom stereocenters. The molecule has 1 N–H and O–H groups in total. The highest BCUT2D eigenvalue weighted by molar-refractivity contribution is 6.74. The van der Waals surface area contributed by atoms with Crippen molar-refractivity contribution in [3.8, 4) is 22.9 Å². The molecule has 4 heterocycles. The third-order valence-electron chi connectivity index (χ3n) is 12.8. The number of benzene rings is 1. The summed E-state index contributed by atoms with van der Waals surface area (Å²) in [6, 6.07) is 4.21. The van der Waals surface area contributed by atoms with Gasteiger partial charge in [0.15, 0.2) is 39.6 Å². The molecule has 1 aliphatic heterocycles. The Balaban J connectivity index is 1.35. The highest BCUT2D eigenvalue weighted by atomic mass is 28.4. The first kappa shape index (κ1) is 42.0. The molecular formula is C41H66N8O5Si2. The SMILES string of the molecule is COc1cc(-n2cnc(Nc3nc(N4CCCC4CO[Si](C)(C)C(C)(C)C)c4c(C)nn(C5CCC(O[Si](C)(C)C(C)(C)C)CC5)c4n3)c2)cc(OC)c1OC. The molecule has 0 spiro atoms. The first-order chi connectivity index (χ1) is 26.3. The number of ether oxygens (including phenoxy) is 3. The molecule has 0 radical (unpaired) electrons. The zero-order chi connectivity index (χ0) is 40.8. The van der Waals surface area contributed by atoms with Gasteiger partial charge in [0.05, 0.1) is 63.0 Å². The van der Waals surface area contributed by atoms with E-state index in [0.717, 1.165) is 73.3 Å². The fourth-order valence-electron chi connectivity index (χ4n) is 7.37. The number of nitrogens with zero attached hydrogens (tertiary/aromatic N) is 7. The van der Waals surface area contributed by atoms with Crippen LogP contribution in [0.2, 0.25) is 36.3 Å². The van der Waals surface area contributed by atoms with Crippen molar-refractivity contribution in [3.05, 3.63) is 30.4 Å². The van der Waals surface area contributed by atoms with Crippen LogP contribution < -0.4 is 24.4 Å². The average Bonchev–Trinajstić information content (AvgIpc) is 3.88. The summed E-state index contributed by atoms with van der Waals surface area (Å²) in [6.07, 6.45) is 10.1. The highest BCUT2D eigenvalue weighted by Gasteiger charge is 2.41. The van der Waals surface area contributed by atoms with E-state index >= 15 is 0 Å². The predicted molar refractivity (Wildman–Crippen MR) is 230 cm³/mol. The van der Waals surface area contributed by atoms with Gasteiger partial charge in [0.1, 0.15) is 12.1 Å². The second-order valence-electron chi connectivity index (χ2n) is 18.6. The van der Waals surface area contributed by atoms with E-state index in [1.54, 1.807) is 27.7 Å². The van der Waals surface area contributed by atoms with E-state index in [-0.39, 0.29) is 28.3 Å². The van der Waals surface area contributed by atoms with Crippen LogP contribution in [-0.2, 0) is 8.85 Å². The maximum atomic E-state index is 6.87. The van der Waals surface area contributed by atoms with Gasteiger partial charge in [-0.25, -0.2) is 9.67 Å². The molecule has 6 rings (SSSR count). The summed E-state index contributed by atoms with van der Waals surface area (Å²) in [5.74, 6) is 3.64. The van der Waals surface area contributed by atoms with Gasteiger partial charge in [-0.05, 0) is 81.7 Å². The Morgan fingerprint density at radius 1 is 0.839 bits per heavy atom. The fourth-order valence-corrected chi connectivity index (χ4v) is 9.84. The average molecular weight is 807 g/mol. The molecule has 1 saturated carbocycles. The summed E-state index contributed by atoms with van der Waals surface area (Å²) >= 11 is 0. The molecule has 1 saturated heterocycles. The lowest BCUT2D eigenvalue weighted by Crippen LogP contribution is -2.45. The molecule has 308 valence electrons. The Morgan fingerprint density at radius 3 is 2.07 bits per heavy atom. The number of rotatable bonds is 13. The standard InChI is InChI=1S/C41H66N8O5Si2/c1-27-35-37(48-21-15-16-29(48)25-53-55(11,12)40(2,3)4)44-39(43-34-24-47(26-42-34)30-22-32(50-8)36(52-10)33(23-30)51-9)45-38(35)49(46-27)28-17-19-31(20-18-28)54-56(13,14)41(5,6)7/h22-24,26,28-29,31H,15-21,25H2,1-14H3,(H,43,44,45). The lowest BCUT2D eigenvalue weighted by Gasteiger charge is -2.41. The van der Waals surface area contributed by atoms with Gasteiger partial charge in [0, 0.05) is 24.8 Å². The molecule has 2 aliphatic rings. The van der Waals surface area contributed by atoms with Gasteiger partial charge in [0.2, 0.25) is 11.7 Å². The van der Waals surface area contributed by atoms with Crippen LogP contribution in [0.4, 0.5) is 17.6 Å². The first-order valence-corrected chi connectivity index (χ1v) is 26.0. The molecule has 1 aromatic carbocycles. The molecular weight excluding hydrogens is 741 g/mol. The number of anilines is 3. The Labute approximate surface area is 336 Å². The van der Waals surface area contributed by atoms with Gasteiger partial charge in [-0.3, -0.25) is 0 Å². The van der Waals surface area contributed by atoms with Crippen molar-refractivity contribution < 1.29 is 23.1 Å². The number of aryl methyl sites for hydroxylation is 1. The minimum absolute atomic E-state index is 0.133. The van der Waals surface area contributed by atoms with Gasteiger partial charge < -0.3 is 37.8 Å². The van der Waals surface area contributed by atoms with Crippen LogP contribution in [-0.4, -0.2) is 92.6 Å². The molecule has 4 aromatic rings.